The van der Waals surface area contributed by atoms with Crippen molar-refractivity contribution >= 4 is 0 Å². The highest BCUT2D eigenvalue weighted by atomic mass is 15.2. The summed E-state index contributed by atoms with van der Waals surface area (Å²) in [6.07, 6.45) is 5.67. The second-order valence-electron chi connectivity index (χ2n) is 5.85. The number of aromatic nitrogens is 1. The van der Waals surface area contributed by atoms with E-state index in [1.54, 1.807) is 0 Å². The van der Waals surface area contributed by atoms with Crippen LogP contribution in [0, 0.1) is 24.7 Å². The molecule has 1 saturated carbocycles. The van der Waals surface area contributed by atoms with Crippen molar-refractivity contribution in [2.75, 3.05) is 0 Å². The van der Waals surface area contributed by atoms with E-state index >= 15 is 0 Å². The number of nitrogens with two attached hydrogens (primary N) is 1. The first-order valence-corrected chi connectivity index (χ1v) is 7.01. The number of rotatable bonds is 3. The molecule has 0 bridgehead atoms. The average Bonchev–Trinajstić information content (AvgIpc) is 2.37. The third-order valence-electron chi connectivity index (χ3n) is 4.67. The van der Waals surface area contributed by atoms with Crippen LogP contribution >= 0.6 is 0 Å². The zero-order valence-electron chi connectivity index (χ0n) is 11.7. The van der Waals surface area contributed by atoms with Crippen LogP contribution in [-0.4, -0.2) is 4.98 Å². The zero-order valence-corrected chi connectivity index (χ0v) is 11.7. The molecule has 18 heavy (non-hydrogen) atoms. The van der Waals surface area contributed by atoms with E-state index in [2.05, 4.69) is 37.2 Å². The lowest BCUT2D eigenvalue weighted by molar-refractivity contribution is 0.171. The predicted octanol–water partition coefficient (Wildman–Crippen LogP) is 2.97. The van der Waals surface area contributed by atoms with Gasteiger partial charge in [-0.2, -0.15) is 0 Å². The fourth-order valence-corrected chi connectivity index (χ4v) is 3.20. The third kappa shape index (κ3) is 2.73. The number of hydrazine groups is 1. The van der Waals surface area contributed by atoms with Gasteiger partial charge in [0.25, 0.3) is 0 Å². The first-order chi connectivity index (χ1) is 8.63. The number of aryl methyl sites for hydroxylation is 1. The quantitative estimate of drug-likeness (QED) is 0.638. The molecular weight excluding hydrogens is 222 g/mol. The topological polar surface area (TPSA) is 50.9 Å². The van der Waals surface area contributed by atoms with E-state index < -0.39 is 0 Å². The number of pyridine rings is 1. The Bertz CT molecular complexity index is 391. The molecule has 0 spiro atoms. The lowest BCUT2D eigenvalue weighted by Gasteiger charge is -2.36. The van der Waals surface area contributed by atoms with Crippen LogP contribution in [0.5, 0.6) is 0 Å². The van der Waals surface area contributed by atoms with E-state index in [-0.39, 0.29) is 6.04 Å². The maximum atomic E-state index is 5.81. The Labute approximate surface area is 110 Å². The van der Waals surface area contributed by atoms with Crippen LogP contribution in [0.25, 0.3) is 0 Å². The van der Waals surface area contributed by atoms with E-state index in [4.69, 9.17) is 5.84 Å². The fraction of sp³-hybridized carbons (Fsp3) is 0.667. The summed E-state index contributed by atoms with van der Waals surface area (Å²) in [6.45, 7) is 6.79. The molecule has 0 amide bonds. The van der Waals surface area contributed by atoms with Crippen molar-refractivity contribution in [2.24, 2.45) is 23.6 Å². The Kier molecular flexibility index (Phi) is 4.36. The van der Waals surface area contributed by atoms with Crippen LogP contribution in [0.4, 0.5) is 0 Å². The summed E-state index contributed by atoms with van der Waals surface area (Å²) in [5, 5.41) is 0. The number of nitrogens with zero attached hydrogens (tertiary/aromatic N) is 1. The summed E-state index contributed by atoms with van der Waals surface area (Å²) in [7, 11) is 0. The summed E-state index contributed by atoms with van der Waals surface area (Å²) in [4.78, 5) is 4.38. The third-order valence-corrected chi connectivity index (χ3v) is 4.67. The van der Waals surface area contributed by atoms with Crippen molar-refractivity contribution in [3.63, 3.8) is 0 Å². The minimum absolute atomic E-state index is 0.244. The monoisotopic (exact) mass is 247 g/mol. The largest absolute Gasteiger partial charge is 0.271 e. The average molecular weight is 247 g/mol. The van der Waals surface area contributed by atoms with Crippen molar-refractivity contribution in [1.82, 2.24) is 10.4 Å². The summed E-state index contributed by atoms with van der Waals surface area (Å²) in [5.74, 6) is 8.07. The zero-order chi connectivity index (χ0) is 13.1. The van der Waals surface area contributed by atoms with Crippen molar-refractivity contribution in [1.29, 1.82) is 0 Å². The SMILES string of the molecule is Cc1ncccc1C(NN)C1CCC(C)C(C)C1. The van der Waals surface area contributed by atoms with Gasteiger partial charge in [0.1, 0.15) is 0 Å². The molecule has 3 heteroatoms. The van der Waals surface area contributed by atoms with Gasteiger partial charge in [-0.3, -0.25) is 16.3 Å². The van der Waals surface area contributed by atoms with Gasteiger partial charge in [0, 0.05) is 11.9 Å². The molecule has 0 radical (unpaired) electrons. The van der Waals surface area contributed by atoms with Gasteiger partial charge in [0.05, 0.1) is 6.04 Å². The van der Waals surface area contributed by atoms with Gasteiger partial charge < -0.3 is 0 Å². The Hall–Kier alpha value is -0.930. The summed E-state index contributed by atoms with van der Waals surface area (Å²) >= 11 is 0. The smallest absolute Gasteiger partial charge is 0.0506 e. The van der Waals surface area contributed by atoms with Gasteiger partial charge in [-0.15, -0.1) is 0 Å². The van der Waals surface area contributed by atoms with Gasteiger partial charge in [0.2, 0.25) is 0 Å². The van der Waals surface area contributed by atoms with Crippen molar-refractivity contribution < 1.29 is 0 Å². The van der Waals surface area contributed by atoms with E-state index in [0.29, 0.717) is 5.92 Å². The maximum Gasteiger partial charge on any atom is 0.0506 e. The van der Waals surface area contributed by atoms with Gasteiger partial charge in [0.15, 0.2) is 0 Å². The standard InChI is InChI=1S/C15H25N3/c1-10-6-7-13(9-11(10)2)15(18-16)14-5-4-8-17-12(14)3/h4-5,8,10-11,13,15,18H,6-7,9,16H2,1-3H3. The molecule has 0 aromatic carbocycles. The molecule has 1 aromatic rings. The molecule has 3 nitrogen and oxygen atoms in total. The summed E-state index contributed by atoms with van der Waals surface area (Å²) in [6, 6.07) is 4.39. The number of hydrogen-bond acceptors (Lipinski definition) is 3. The molecule has 4 atom stereocenters. The van der Waals surface area contributed by atoms with Crippen molar-refractivity contribution in [2.45, 2.75) is 46.1 Å². The van der Waals surface area contributed by atoms with Crippen LogP contribution in [0.15, 0.2) is 18.3 Å². The van der Waals surface area contributed by atoms with E-state index in [1.807, 2.05) is 12.3 Å². The van der Waals surface area contributed by atoms with Crippen molar-refractivity contribution in [3.05, 3.63) is 29.6 Å². The first kappa shape index (κ1) is 13.5. The second kappa shape index (κ2) is 5.81. The molecular formula is C15H25N3. The van der Waals surface area contributed by atoms with Gasteiger partial charge in [-0.25, -0.2) is 0 Å². The first-order valence-electron chi connectivity index (χ1n) is 7.01. The summed E-state index contributed by atoms with van der Waals surface area (Å²) < 4.78 is 0. The molecule has 1 aliphatic carbocycles. The van der Waals surface area contributed by atoms with Crippen molar-refractivity contribution in [3.8, 4) is 0 Å². The molecule has 1 fully saturated rings. The molecule has 4 unspecified atom stereocenters. The lowest BCUT2D eigenvalue weighted by Crippen LogP contribution is -2.37. The lowest BCUT2D eigenvalue weighted by atomic mass is 9.72. The van der Waals surface area contributed by atoms with Gasteiger partial charge >= 0.3 is 0 Å². The molecule has 1 heterocycles. The summed E-state index contributed by atoms with van der Waals surface area (Å²) in [5.41, 5.74) is 5.37. The molecule has 0 aliphatic heterocycles. The van der Waals surface area contributed by atoms with E-state index in [9.17, 15) is 0 Å². The fourth-order valence-electron chi connectivity index (χ4n) is 3.20. The molecule has 3 N–H and O–H groups in total. The Morgan fingerprint density at radius 3 is 2.72 bits per heavy atom. The molecule has 1 aliphatic rings. The van der Waals surface area contributed by atoms with Gasteiger partial charge in [-0.1, -0.05) is 26.3 Å². The highest BCUT2D eigenvalue weighted by Gasteiger charge is 2.31. The Balaban J connectivity index is 2.17. The van der Waals surface area contributed by atoms with Gasteiger partial charge in [-0.05, 0) is 49.1 Å². The van der Waals surface area contributed by atoms with Crippen LogP contribution in [0.1, 0.15) is 50.4 Å². The number of nitrogens with one attached hydrogen (secondary N) is 1. The molecule has 2 rings (SSSR count). The predicted molar refractivity (Wildman–Crippen MR) is 74.7 cm³/mol. The second-order valence-corrected chi connectivity index (χ2v) is 5.85. The maximum absolute atomic E-state index is 5.81. The normalized spacial score (nSPS) is 30.1. The van der Waals surface area contributed by atoms with Crippen LogP contribution in [0.2, 0.25) is 0 Å². The van der Waals surface area contributed by atoms with E-state index in [1.165, 1.54) is 24.8 Å². The minimum Gasteiger partial charge on any atom is -0.271 e. The van der Waals surface area contributed by atoms with Crippen LogP contribution < -0.4 is 11.3 Å². The van der Waals surface area contributed by atoms with Crippen LogP contribution in [-0.2, 0) is 0 Å². The minimum atomic E-state index is 0.244. The molecule has 100 valence electrons. The number of hydrogen-bond donors (Lipinski definition) is 2. The Morgan fingerprint density at radius 2 is 2.11 bits per heavy atom. The van der Waals surface area contributed by atoms with E-state index in [0.717, 1.165) is 17.5 Å². The molecule has 1 aromatic heterocycles. The highest BCUT2D eigenvalue weighted by molar-refractivity contribution is 5.23. The van der Waals surface area contributed by atoms with Crippen LogP contribution in [0.3, 0.4) is 0 Å². The molecule has 0 saturated heterocycles. The highest BCUT2D eigenvalue weighted by Crippen LogP contribution is 2.39. The Morgan fingerprint density at radius 1 is 1.33 bits per heavy atom.